The van der Waals surface area contributed by atoms with Crippen LogP contribution in [0.3, 0.4) is 0 Å². The van der Waals surface area contributed by atoms with E-state index < -0.39 is 42.7 Å². The molecule has 3 N–H and O–H groups in total. The molecule has 1 aliphatic heterocycles. The van der Waals surface area contributed by atoms with Crippen molar-refractivity contribution in [2.45, 2.75) is 94.6 Å². The van der Waals surface area contributed by atoms with E-state index in [0.29, 0.717) is 25.9 Å². The molecular weight excluding hydrogens is 518 g/mol. The van der Waals surface area contributed by atoms with Crippen molar-refractivity contribution in [1.82, 2.24) is 19.8 Å². The summed E-state index contributed by atoms with van der Waals surface area (Å²) in [5.74, 6) is -2.70. The monoisotopic (exact) mass is 561 g/mol. The van der Waals surface area contributed by atoms with Crippen LogP contribution in [0.5, 0.6) is 0 Å². The predicted octanol–water partition coefficient (Wildman–Crippen LogP) is 3.31. The second-order valence-electron chi connectivity index (χ2n) is 11.8. The molecule has 0 radical (unpaired) electrons. The first kappa shape index (κ1) is 30.0. The number of methoxy groups -OCH3 is 2. The first-order valence-corrected chi connectivity index (χ1v) is 14.0. The molecule has 0 aromatic carbocycles. The minimum atomic E-state index is -4.50. The molecule has 3 fully saturated rings. The maximum Gasteiger partial charge on any atom is 0.392 e. The number of ether oxygens (including phenoxy) is 2. The molecule has 4 rings (SSSR count). The lowest BCUT2D eigenvalue weighted by Crippen LogP contribution is -2.58. The van der Waals surface area contributed by atoms with E-state index in [9.17, 15) is 22.4 Å². The highest BCUT2D eigenvalue weighted by molar-refractivity contribution is 5.81. The molecule has 1 amide bonds. The van der Waals surface area contributed by atoms with Crippen LogP contribution in [-0.4, -0.2) is 72.4 Å². The van der Waals surface area contributed by atoms with Gasteiger partial charge in [-0.05, 0) is 69.1 Å². The van der Waals surface area contributed by atoms with Crippen molar-refractivity contribution >= 4 is 5.91 Å². The van der Waals surface area contributed by atoms with E-state index in [0.717, 1.165) is 19.3 Å². The highest BCUT2D eigenvalue weighted by Gasteiger charge is 2.51. The van der Waals surface area contributed by atoms with Gasteiger partial charge < -0.3 is 29.2 Å². The number of carbonyl (C=O) groups is 1. The van der Waals surface area contributed by atoms with Crippen molar-refractivity contribution in [1.29, 1.82) is 5.41 Å². The van der Waals surface area contributed by atoms with Crippen molar-refractivity contribution in [3.63, 3.8) is 0 Å². The number of alkyl halides is 4. The van der Waals surface area contributed by atoms with Crippen LogP contribution in [0.2, 0.25) is 0 Å². The largest absolute Gasteiger partial charge is 0.392 e. The lowest BCUT2D eigenvalue weighted by Gasteiger charge is -2.45. The third-order valence-corrected chi connectivity index (χ3v) is 9.15. The zero-order chi connectivity index (χ0) is 28.3. The number of carbonyl (C=O) groups excluding carboxylic acids is 1. The molecule has 12 heteroatoms. The zero-order valence-electron chi connectivity index (χ0n) is 23.1. The molecule has 2 aliphatic carbocycles. The molecule has 8 nitrogen and oxygen atoms in total. The van der Waals surface area contributed by atoms with E-state index in [-0.39, 0.29) is 48.4 Å². The Balaban J connectivity index is 1.48. The summed E-state index contributed by atoms with van der Waals surface area (Å²) in [5, 5.41) is 14.6. The van der Waals surface area contributed by atoms with Crippen LogP contribution in [0.1, 0.15) is 51.4 Å². The fraction of sp³-hybridized carbons (Fsp3) is 0.852. The van der Waals surface area contributed by atoms with Crippen molar-refractivity contribution in [2.24, 2.45) is 30.7 Å². The molecule has 8 atom stereocenters. The second-order valence-corrected chi connectivity index (χ2v) is 11.8. The minimum Gasteiger partial charge on any atom is -0.381 e. The van der Waals surface area contributed by atoms with Crippen LogP contribution in [0.25, 0.3) is 0 Å². The predicted molar refractivity (Wildman–Crippen MR) is 136 cm³/mol. The zero-order valence-corrected chi connectivity index (χ0v) is 23.1. The van der Waals surface area contributed by atoms with Gasteiger partial charge in [-0.25, -0.2) is 4.39 Å². The summed E-state index contributed by atoms with van der Waals surface area (Å²) < 4.78 is 70.6. The van der Waals surface area contributed by atoms with Gasteiger partial charge in [0, 0.05) is 52.8 Å². The van der Waals surface area contributed by atoms with Crippen LogP contribution in [-0.2, 0) is 27.9 Å². The topological polar surface area (TPSA) is 93.3 Å². The molecule has 3 aliphatic rings. The summed E-state index contributed by atoms with van der Waals surface area (Å²) in [6.07, 6.45) is 0.697. The summed E-state index contributed by atoms with van der Waals surface area (Å²) in [5.41, 5.74) is 0.287. The Morgan fingerprint density at radius 2 is 1.74 bits per heavy atom. The number of aryl methyl sites for hydroxylation is 1. The van der Waals surface area contributed by atoms with Gasteiger partial charge in [0.1, 0.15) is 6.17 Å². The van der Waals surface area contributed by atoms with E-state index in [1.165, 1.54) is 0 Å². The Bertz CT molecular complexity index is 1000. The SMILES string of the molecule is COC1CC(CNC(=O)C2CC(Cn3ccn(C)c3=N)CC(C3CCC(F)CC3C(F)(F)F)N2)CC(OC)C1. The number of piperidine rings is 1. The van der Waals surface area contributed by atoms with Gasteiger partial charge in [-0.15, -0.1) is 0 Å². The van der Waals surface area contributed by atoms with E-state index in [1.807, 2.05) is 0 Å². The maximum atomic E-state index is 14.1. The van der Waals surface area contributed by atoms with Crippen LogP contribution in [0, 0.1) is 29.1 Å². The van der Waals surface area contributed by atoms with Gasteiger partial charge in [0.05, 0.1) is 24.2 Å². The summed E-state index contributed by atoms with van der Waals surface area (Å²) >= 11 is 0. The molecule has 8 unspecified atom stereocenters. The first-order chi connectivity index (χ1) is 18.5. The summed E-state index contributed by atoms with van der Waals surface area (Å²) in [6, 6.07) is -1.23. The highest BCUT2D eigenvalue weighted by atomic mass is 19.4. The number of nitrogens with zero attached hydrogens (tertiary/aromatic N) is 2. The molecular formula is C27H43F4N5O3. The normalized spacial score (nSPS) is 36.0. The van der Waals surface area contributed by atoms with Gasteiger partial charge in [0.25, 0.3) is 0 Å². The number of imidazole rings is 1. The number of amides is 1. The quantitative estimate of drug-likeness (QED) is 0.425. The Labute approximate surface area is 227 Å². The summed E-state index contributed by atoms with van der Waals surface area (Å²) in [7, 11) is 5.10. The van der Waals surface area contributed by atoms with Crippen molar-refractivity contribution in [2.75, 3.05) is 20.8 Å². The molecule has 0 spiro atoms. The Morgan fingerprint density at radius 1 is 1.05 bits per heavy atom. The number of halogens is 4. The molecule has 39 heavy (non-hydrogen) atoms. The van der Waals surface area contributed by atoms with Crippen molar-refractivity contribution < 1.29 is 31.8 Å². The lowest BCUT2D eigenvalue weighted by molar-refractivity contribution is -0.206. The number of rotatable bonds is 8. The van der Waals surface area contributed by atoms with E-state index in [4.69, 9.17) is 14.9 Å². The number of aromatic nitrogens is 2. The van der Waals surface area contributed by atoms with E-state index in [1.54, 1.807) is 42.8 Å². The fourth-order valence-electron chi connectivity index (χ4n) is 7.01. The van der Waals surface area contributed by atoms with Gasteiger partial charge in [-0.2, -0.15) is 13.2 Å². The standard InChI is InChI=1S/C27H43F4N5O3/c1-35-6-7-36(26(35)32)15-17-10-23(21-5-4-18(28)12-22(21)27(29,30)31)34-24(11-17)25(37)33-14-16-8-19(38-2)13-20(9-16)39-3/h6-7,16-24,32,34H,4-5,8-15H2,1-3H3,(H,33,37). The minimum absolute atomic E-state index is 0.0547. The fourth-order valence-corrected chi connectivity index (χ4v) is 7.01. The third-order valence-electron chi connectivity index (χ3n) is 9.15. The van der Waals surface area contributed by atoms with Crippen molar-refractivity contribution in [3.05, 3.63) is 18.0 Å². The summed E-state index contributed by atoms with van der Waals surface area (Å²) in [4.78, 5) is 13.4. The molecule has 1 saturated heterocycles. The average Bonchev–Trinajstić information content (AvgIpc) is 3.22. The molecule has 222 valence electrons. The van der Waals surface area contributed by atoms with Crippen molar-refractivity contribution in [3.8, 4) is 0 Å². The first-order valence-electron chi connectivity index (χ1n) is 14.0. The van der Waals surface area contributed by atoms with E-state index in [2.05, 4.69) is 10.6 Å². The number of hydrogen-bond donors (Lipinski definition) is 3. The van der Waals surface area contributed by atoms with Crippen LogP contribution in [0.4, 0.5) is 17.6 Å². The van der Waals surface area contributed by atoms with Crippen LogP contribution in [0.15, 0.2) is 12.4 Å². The molecule has 1 aromatic heterocycles. The lowest BCUT2D eigenvalue weighted by atomic mass is 9.70. The van der Waals surface area contributed by atoms with Crippen LogP contribution >= 0.6 is 0 Å². The Morgan fingerprint density at radius 3 is 2.33 bits per heavy atom. The van der Waals surface area contributed by atoms with Gasteiger partial charge in [-0.3, -0.25) is 10.2 Å². The van der Waals surface area contributed by atoms with Gasteiger partial charge in [-0.1, -0.05) is 0 Å². The smallest absolute Gasteiger partial charge is 0.381 e. The highest BCUT2D eigenvalue weighted by Crippen LogP contribution is 2.45. The molecule has 0 bridgehead atoms. The Kier molecular flexibility index (Phi) is 9.80. The Hall–Kier alpha value is -1.92. The molecule has 1 aromatic rings. The summed E-state index contributed by atoms with van der Waals surface area (Å²) in [6.45, 7) is 0.874. The van der Waals surface area contributed by atoms with Gasteiger partial charge in [0.2, 0.25) is 11.5 Å². The average molecular weight is 562 g/mol. The van der Waals surface area contributed by atoms with Crippen LogP contribution < -0.4 is 16.3 Å². The number of hydrogen-bond acceptors (Lipinski definition) is 5. The van der Waals surface area contributed by atoms with Gasteiger partial charge in [0.15, 0.2) is 0 Å². The van der Waals surface area contributed by atoms with Gasteiger partial charge >= 0.3 is 6.18 Å². The second kappa shape index (κ2) is 12.7. The number of nitrogens with one attached hydrogen (secondary N) is 3. The molecule has 2 saturated carbocycles. The maximum absolute atomic E-state index is 14.1. The molecule has 2 heterocycles. The third kappa shape index (κ3) is 7.43. The van der Waals surface area contributed by atoms with E-state index >= 15 is 0 Å².